The highest BCUT2D eigenvalue weighted by molar-refractivity contribution is 5.94. The van der Waals surface area contributed by atoms with Gasteiger partial charge in [-0.2, -0.15) is 5.10 Å². The highest BCUT2D eigenvalue weighted by Crippen LogP contribution is 2.14. The normalized spacial score (nSPS) is 10.6. The minimum Gasteiger partial charge on any atom is -0.489 e. The predicted molar refractivity (Wildman–Crippen MR) is 98.7 cm³/mol. The second-order valence-corrected chi connectivity index (χ2v) is 5.41. The highest BCUT2D eigenvalue weighted by atomic mass is 16.5. The van der Waals surface area contributed by atoms with E-state index in [0.717, 1.165) is 16.9 Å². The Morgan fingerprint density at radius 1 is 0.920 bits per heavy atom. The molecule has 0 fully saturated rings. The number of carbonyl (C=O) groups excluding carboxylic acids is 1. The molecule has 1 N–H and O–H groups in total. The van der Waals surface area contributed by atoms with Gasteiger partial charge in [-0.15, -0.1) is 0 Å². The van der Waals surface area contributed by atoms with Crippen molar-refractivity contribution in [2.45, 2.75) is 6.61 Å². The Morgan fingerprint density at radius 2 is 1.64 bits per heavy atom. The predicted octanol–water partition coefficient (Wildman–Crippen LogP) is 4.03. The Kier molecular flexibility index (Phi) is 5.56. The van der Waals surface area contributed by atoms with Crippen LogP contribution < -0.4 is 10.2 Å². The van der Waals surface area contributed by atoms with E-state index in [1.54, 1.807) is 18.3 Å². The highest BCUT2D eigenvalue weighted by Gasteiger charge is 2.01. The van der Waals surface area contributed by atoms with Gasteiger partial charge in [-0.05, 0) is 35.4 Å². The van der Waals surface area contributed by atoms with Crippen LogP contribution in [0.3, 0.4) is 0 Å². The minimum atomic E-state index is -0.242. The summed E-state index contributed by atoms with van der Waals surface area (Å²) in [5, 5.41) is 4.00. The number of carbonyl (C=O) groups is 1. The van der Waals surface area contributed by atoms with Crippen LogP contribution in [0.5, 0.6) is 5.75 Å². The van der Waals surface area contributed by atoms with Crippen LogP contribution in [0, 0.1) is 0 Å². The lowest BCUT2D eigenvalue weighted by atomic mass is 10.2. The van der Waals surface area contributed by atoms with E-state index < -0.39 is 0 Å². The third-order valence-electron chi connectivity index (χ3n) is 3.52. The fraction of sp³-hybridized carbons (Fsp3) is 0.0476. The van der Waals surface area contributed by atoms with Crippen LogP contribution in [0.15, 0.2) is 90.0 Å². The maximum absolute atomic E-state index is 11.9. The van der Waals surface area contributed by atoms with Gasteiger partial charge >= 0.3 is 0 Å². The molecule has 0 aliphatic carbocycles. The zero-order valence-electron chi connectivity index (χ0n) is 13.6. The smallest absolute Gasteiger partial charge is 0.271 e. The molecule has 3 rings (SSSR count). The fourth-order valence-electron chi connectivity index (χ4n) is 2.25. The monoisotopic (exact) mass is 330 g/mol. The van der Waals surface area contributed by atoms with Crippen molar-refractivity contribution >= 4 is 12.1 Å². The summed E-state index contributed by atoms with van der Waals surface area (Å²) in [7, 11) is 0. The van der Waals surface area contributed by atoms with Gasteiger partial charge in [-0.1, -0.05) is 60.7 Å². The summed E-state index contributed by atoms with van der Waals surface area (Å²) >= 11 is 0. The van der Waals surface area contributed by atoms with E-state index in [9.17, 15) is 4.79 Å². The van der Waals surface area contributed by atoms with Gasteiger partial charge in [-0.25, -0.2) is 5.43 Å². The van der Waals surface area contributed by atoms with Gasteiger partial charge in [0.1, 0.15) is 12.4 Å². The van der Waals surface area contributed by atoms with Crippen molar-refractivity contribution in [3.05, 3.63) is 102 Å². The summed E-state index contributed by atoms with van der Waals surface area (Å²) in [4.78, 5) is 11.9. The number of hydrogen-bond acceptors (Lipinski definition) is 3. The van der Waals surface area contributed by atoms with Crippen molar-refractivity contribution in [3.8, 4) is 5.75 Å². The van der Waals surface area contributed by atoms with Gasteiger partial charge in [0.2, 0.25) is 0 Å². The zero-order chi connectivity index (χ0) is 17.3. The molecule has 0 saturated heterocycles. The van der Waals surface area contributed by atoms with Crippen molar-refractivity contribution < 1.29 is 9.53 Å². The summed E-state index contributed by atoms with van der Waals surface area (Å²) in [5.74, 6) is 0.510. The maximum Gasteiger partial charge on any atom is 0.271 e. The van der Waals surface area contributed by atoms with Crippen LogP contribution in [0.2, 0.25) is 0 Å². The van der Waals surface area contributed by atoms with Crippen LogP contribution in [0.4, 0.5) is 0 Å². The Hall–Kier alpha value is -3.40. The molecule has 0 radical (unpaired) electrons. The van der Waals surface area contributed by atoms with E-state index in [1.807, 2.05) is 72.8 Å². The first-order valence-electron chi connectivity index (χ1n) is 7.96. The molecule has 0 saturated carbocycles. The number of hydrazone groups is 1. The van der Waals surface area contributed by atoms with Crippen molar-refractivity contribution in [1.29, 1.82) is 0 Å². The fourth-order valence-corrected chi connectivity index (χ4v) is 2.25. The molecule has 0 aliphatic rings. The lowest BCUT2D eigenvalue weighted by Crippen LogP contribution is -2.17. The van der Waals surface area contributed by atoms with Gasteiger partial charge < -0.3 is 4.74 Å². The molecule has 0 bridgehead atoms. The number of ether oxygens (including phenoxy) is 1. The molecule has 3 aromatic carbocycles. The summed E-state index contributed by atoms with van der Waals surface area (Å²) in [6.45, 7) is 0.506. The number of benzene rings is 3. The minimum absolute atomic E-state index is 0.242. The SMILES string of the molecule is O=C(N/N=C/c1cccc(OCc2ccccc2)c1)c1ccccc1. The van der Waals surface area contributed by atoms with E-state index in [4.69, 9.17) is 4.74 Å². The number of hydrogen-bond donors (Lipinski definition) is 1. The molecule has 4 heteroatoms. The Labute approximate surface area is 146 Å². The average Bonchev–Trinajstić information content (AvgIpc) is 2.68. The lowest BCUT2D eigenvalue weighted by molar-refractivity contribution is 0.0955. The largest absolute Gasteiger partial charge is 0.489 e. The van der Waals surface area contributed by atoms with Crippen molar-refractivity contribution in [2.24, 2.45) is 5.10 Å². The van der Waals surface area contributed by atoms with Gasteiger partial charge in [0.25, 0.3) is 5.91 Å². The average molecular weight is 330 g/mol. The summed E-state index contributed by atoms with van der Waals surface area (Å²) < 4.78 is 5.78. The summed E-state index contributed by atoms with van der Waals surface area (Å²) in [6, 6.07) is 26.5. The Bertz CT molecular complexity index is 846. The molecule has 4 nitrogen and oxygen atoms in total. The first-order chi connectivity index (χ1) is 12.3. The molecule has 0 aliphatic heterocycles. The summed E-state index contributed by atoms with van der Waals surface area (Å²) in [5.41, 5.74) is 5.04. The second-order valence-electron chi connectivity index (χ2n) is 5.41. The molecule has 124 valence electrons. The van der Waals surface area contributed by atoms with Crippen LogP contribution in [-0.2, 0) is 6.61 Å². The van der Waals surface area contributed by atoms with E-state index in [1.165, 1.54) is 0 Å². The van der Waals surface area contributed by atoms with Gasteiger partial charge in [0.05, 0.1) is 6.21 Å². The van der Waals surface area contributed by atoms with Crippen molar-refractivity contribution in [2.75, 3.05) is 0 Å². The molecule has 1 amide bonds. The Morgan fingerprint density at radius 3 is 2.40 bits per heavy atom. The molecule has 3 aromatic rings. The van der Waals surface area contributed by atoms with Crippen molar-refractivity contribution in [1.82, 2.24) is 5.43 Å². The quantitative estimate of drug-likeness (QED) is 0.548. The number of rotatable bonds is 6. The van der Waals surface area contributed by atoms with Crippen LogP contribution in [-0.4, -0.2) is 12.1 Å². The van der Waals surface area contributed by atoms with E-state index in [0.29, 0.717) is 12.2 Å². The molecular formula is C21H18N2O2. The van der Waals surface area contributed by atoms with Crippen LogP contribution in [0.1, 0.15) is 21.5 Å². The third-order valence-corrected chi connectivity index (χ3v) is 3.52. The van der Waals surface area contributed by atoms with E-state index in [2.05, 4.69) is 10.5 Å². The molecule has 0 spiro atoms. The van der Waals surface area contributed by atoms with Crippen LogP contribution >= 0.6 is 0 Å². The number of nitrogens with one attached hydrogen (secondary N) is 1. The molecule has 0 aromatic heterocycles. The van der Waals surface area contributed by atoms with Gasteiger partial charge in [0.15, 0.2) is 0 Å². The topological polar surface area (TPSA) is 50.7 Å². The lowest BCUT2D eigenvalue weighted by Gasteiger charge is -2.06. The third kappa shape index (κ3) is 5.04. The maximum atomic E-state index is 11.9. The van der Waals surface area contributed by atoms with Gasteiger partial charge in [0, 0.05) is 5.56 Å². The second kappa shape index (κ2) is 8.45. The first kappa shape index (κ1) is 16.5. The molecule has 0 atom stereocenters. The van der Waals surface area contributed by atoms with E-state index in [-0.39, 0.29) is 5.91 Å². The zero-order valence-corrected chi connectivity index (χ0v) is 13.6. The molecular weight excluding hydrogens is 312 g/mol. The van der Waals surface area contributed by atoms with E-state index >= 15 is 0 Å². The number of nitrogens with zero attached hydrogens (tertiary/aromatic N) is 1. The Balaban J connectivity index is 1.57. The molecule has 0 unspecified atom stereocenters. The number of amides is 1. The molecule has 0 heterocycles. The standard InChI is InChI=1S/C21H18N2O2/c24-21(19-11-5-2-6-12-19)23-22-15-18-10-7-13-20(14-18)25-16-17-8-3-1-4-9-17/h1-15H,16H2,(H,23,24)/b22-15+. The first-order valence-corrected chi connectivity index (χ1v) is 7.96. The van der Waals surface area contributed by atoms with Gasteiger partial charge in [-0.3, -0.25) is 4.79 Å². The summed E-state index contributed by atoms with van der Waals surface area (Å²) in [6.07, 6.45) is 1.59. The van der Waals surface area contributed by atoms with Crippen molar-refractivity contribution in [3.63, 3.8) is 0 Å². The van der Waals surface area contributed by atoms with Crippen LogP contribution in [0.25, 0.3) is 0 Å². The molecule has 25 heavy (non-hydrogen) atoms.